The van der Waals surface area contributed by atoms with Gasteiger partial charge in [-0.05, 0) is 17.7 Å². The van der Waals surface area contributed by atoms with E-state index in [1.54, 1.807) is 4.90 Å². The second-order valence-electron chi connectivity index (χ2n) is 6.98. The van der Waals surface area contributed by atoms with Crippen LogP contribution in [0.3, 0.4) is 0 Å². The van der Waals surface area contributed by atoms with Crippen LogP contribution in [0.2, 0.25) is 0 Å². The summed E-state index contributed by atoms with van der Waals surface area (Å²) >= 11 is 0. The summed E-state index contributed by atoms with van der Waals surface area (Å²) in [5.74, 6) is 0.329. The number of amides is 2. The number of hydrogen-bond donors (Lipinski definition) is 2. The van der Waals surface area contributed by atoms with E-state index in [4.69, 9.17) is 4.74 Å². The topological polar surface area (TPSA) is 94.5 Å². The van der Waals surface area contributed by atoms with E-state index in [-0.39, 0.29) is 23.3 Å². The number of nitrogens with one attached hydrogen (secondary N) is 2. The van der Waals surface area contributed by atoms with Crippen molar-refractivity contribution in [3.63, 3.8) is 0 Å². The normalized spacial score (nSPS) is 32.7. The van der Waals surface area contributed by atoms with Crippen molar-refractivity contribution >= 4 is 17.7 Å². The number of ether oxygens (including phenoxy) is 1. The Bertz CT molecular complexity index is 757. The Morgan fingerprint density at radius 2 is 2.24 bits per heavy atom. The lowest BCUT2D eigenvalue weighted by Gasteiger charge is -2.17. The first-order chi connectivity index (χ1) is 12.1. The number of nitrogens with zero attached hydrogens (tertiary/aromatic N) is 2. The molecule has 7 heteroatoms. The summed E-state index contributed by atoms with van der Waals surface area (Å²) in [5.41, 5.74) is 1.86. The van der Waals surface area contributed by atoms with Gasteiger partial charge in [0, 0.05) is 37.0 Å². The molecule has 4 atom stereocenters. The molecule has 130 valence electrons. The van der Waals surface area contributed by atoms with E-state index in [9.17, 15) is 14.9 Å². The Morgan fingerprint density at radius 1 is 1.48 bits per heavy atom. The Labute approximate surface area is 145 Å². The molecule has 3 fully saturated rings. The molecule has 2 heterocycles. The van der Waals surface area contributed by atoms with Gasteiger partial charge in [0.25, 0.3) is 0 Å². The minimum absolute atomic E-state index is 0.0628. The molecule has 0 radical (unpaired) electrons. The zero-order valence-electron chi connectivity index (χ0n) is 14.0. The minimum atomic E-state index is -0.400. The molecule has 0 bridgehead atoms. The Morgan fingerprint density at radius 3 is 2.88 bits per heavy atom. The van der Waals surface area contributed by atoms with Crippen molar-refractivity contribution in [2.75, 3.05) is 31.1 Å². The fourth-order valence-corrected chi connectivity index (χ4v) is 4.24. The molecule has 2 amide bonds. The monoisotopic (exact) mass is 340 g/mol. The third-order valence-corrected chi connectivity index (χ3v) is 5.60. The first-order valence-electron chi connectivity index (χ1n) is 8.49. The third-order valence-electron chi connectivity index (χ3n) is 5.60. The van der Waals surface area contributed by atoms with Crippen LogP contribution in [0.25, 0.3) is 0 Å². The quantitative estimate of drug-likeness (QED) is 0.844. The SMILES string of the molecule is CC(=O)NC[C@H]1CN(c2ccc(C34CNCC3C4C#N)cc2)C(=O)O1. The standard InChI is InChI=1S/C18H20N4O3/c1-11(23)21-7-14-9-22(17(24)25-14)13-4-2-12(3-5-13)18-10-20-8-16(18)15(18)6-19/h2-5,14-16,20H,7-10H2,1H3,(H,21,23)/t14-,15?,16?,18?/m0/s1. The van der Waals surface area contributed by atoms with Gasteiger partial charge < -0.3 is 15.4 Å². The molecule has 1 aromatic carbocycles. The third kappa shape index (κ3) is 2.45. The van der Waals surface area contributed by atoms with Gasteiger partial charge in [0.1, 0.15) is 6.10 Å². The highest BCUT2D eigenvalue weighted by Gasteiger charge is 2.68. The lowest BCUT2D eigenvalue weighted by atomic mass is 9.93. The minimum Gasteiger partial charge on any atom is -0.442 e. The summed E-state index contributed by atoms with van der Waals surface area (Å²) in [5, 5.41) is 15.4. The number of hydrogen-bond acceptors (Lipinski definition) is 5. The summed E-state index contributed by atoms with van der Waals surface area (Å²) in [7, 11) is 0. The Balaban J connectivity index is 1.47. The van der Waals surface area contributed by atoms with Crippen LogP contribution in [0, 0.1) is 23.2 Å². The molecule has 0 spiro atoms. The van der Waals surface area contributed by atoms with Crippen LogP contribution in [0.5, 0.6) is 0 Å². The molecule has 1 aromatic rings. The molecule has 4 rings (SSSR count). The van der Waals surface area contributed by atoms with Gasteiger partial charge in [-0.25, -0.2) is 4.79 Å². The summed E-state index contributed by atoms with van der Waals surface area (Å²) in [6, 6.07) is 10.3. The number of carbonyl (C=O) groups is 2. The number of rotatable bonds is 4. The fraction of sp³-hybridized carbons (Fsp3) is 0.500. The molecule has 2 N–H and O–H groups in total. The molecule has 0 aromatic heterocycles. The van der Waals surface area contributed by atoms with E-state index < -0.39 is 6.09 Å². The number of cyclic esters (lactones) is 1. The molecule has 1 aliphatic carbocycles. The van der Waals surface area contributed by atoms with Gasteiger partial charge in [-0.3, -0.25) is 9.69 Å². The largest absolute Gasteiger partial charge is 0.442 e. The van der Waals surface area contributed by atoms with Crippen LogP contribution >= 0.6 is 0 Å². The first-order valence-corrected chi connectivity index (χ1v) is 8.49. The van der Waals surface area contributed by atoms with Crippen LogP contribution in [-0.2, 0) is 14.9 Å². The number of piperidine rings is 1. The van der Waals surface area contributed by atoms with E-state index in [0.717, 1.165) is 24.3 Å². The number of anilines is 1. The zero-order chi connectivity index (χ0) is 17.6. The summed E-state index contributed by atoms with van der Waals surface area (Å²) in [6.45, 7) is 3.89. The van der Waals surface area contributed by atoms with Crippen molar-refractivity contribution in [1.29, 1.82) is 5.26 Å². The molecule has 25 heavy (non-hydrogen) atoms. The Hall–Kier alpha value is -2.59. The van der Waals surface area contributed by atoms with Gasteiger partial charge >= 0.3 is 6.09 Å². The number of fused-ring (bicyclic) bond motifs is 1. The molecular weight excluding hydrogens is 320 g/mol. The van der Waals surface area contributed by atoms with E-state index >= 15 is 0 Å². The van der Waals surface area contributed by atoms with Crippen LogP contribution in [0.4, 0.5) is 10.5 Å². The molecule has 7 nitrogen and oxygen atoms in total. The van der Waals surface area contributed by atoms with Crippen molar-refractivity contribution < 1.29 is 14.3 Å². The van der Waals surface area contributed by atoms with Gasteiger partial charge in [0.15, 0.2) is 0 Å². The van der Waals surface area contributed by atoms with E-state index in [1.807, 2.05) is 24.3 Å². The molecular formula is C18H20N4O3. The van der Waals surface area contributed by atoms with E-state index in [2.05, 4.69) is 16.7 Å². The van der Waals surface area contributed by atoms with Crippen molar-refractivity contribution in [1.82, 2.24) is 10.6 Å². The summed E-state index contributed by atoms with van der Waals surface area (Å²) < 4.78 is 5.29. The summed E-state index contributed by atoms with van der Waals surface area (Å²) in [4.78, 5) is 24.6. The van der Waals surface area contributed by atoms with Gasteiger partial charge in [-0.1, -0.05) is 12.1 Å². The highest BCUT2D eigenvalue weighted by molar-refractivity contribution is 5.89. The maximum atomic E-state index is 12.1. The Kier molecular flexibility index (Phi) is 3.65. The number of benzene rings is 1. The molecule has 2 aliphatic heterocycles. The van der Waals surface area contributed by atoms with Crippen LogP contribution in [0.1, 0.15) is 12.5 Å². The van der Waals surface area contributed by atoms with Gasteiger partial charge in [0.2, 0.25) is 5.91 Å². The fourth-order valence-electron chi connectivity index (χ4n) is 4.24. The predicted molar refractivity (Wildman–Crippen MR) is 89.9 cm³/mol. The van der Waals surface area contributed by atoms with Crippen LogP contribution < -0.4 is 15.5 Å². The van der Waals surface area contributed by atoms with E-state index in [1.165, 1.54) is 6.92 Å². The molecule has 2 saturated heterocycles. The highest BCUT2D eigenvalue weighted by Crippen LogP contribution is 2.61. The molecule has 1 saturated carbocycles. The van der Waals surface area contributed by atoms with Crippen LogP contribution in [0.15, 0.2) is 24.3 Å². The number of nitriles is 1. The van der Waals surface area contributed by atoms with E-state index in [0.29, 0.717) is 19.0 Å². The highest BCUT2D eigenvalue weighted by atomic mass is 16.6. The van der Waals surface area contributed by atoms with Gasteiger partial charge in [0.05, 0.1) is 25.1 Å². The van der Waals surface area contributed by atoms with Crippen molar-refractivity contribution in [2.24, 2.45) is 11.8 Å². The first kappa shape index (κ1) is 15.9. The zero-order valence-corrected chi connectivity index (χ0v) is 14.0. The lowest BCUT2D eigenvalue weighted by molar-refractivity contribution is -0.119. The maximum absolute atomic E-state index is 12.1. The van der Waals surface area contributed by atoms with Crippen LogP contribution in [-0.4, -0.2) is 44.3 Å². The maximum Gasteiger partial charge on any atom is 0.414 e. The summed E-state index contributed by atoms with van der Waals surface area (Å²) in [6.07, 6.45) is -0.743. The molecule has 3 aliphatic rings. The predicted octanol–water partition coefficient (Wildman–Crippen LogP) is 0.758. The smallest absolute Gasteiger partial charge is 0.414 e. The van der Waals surface area contributed by atoms with Crippen molar-refractivity contribution in [3.8, 4) is 6.07 Å². The second-order valence-corrected chi connectivity index (χ2v) is 6.98. The lowest BCUT2D eigenvalue weighted by Crippen LogP contribution is -2.33. The number of carbonyl (C=O) groups excluding carboxylic acids is 2. The second kappa shape index (κ2) is 5.74. The van der Waals surface area contributed by atoms with Gasteiger partial charge in [-0.15, -0.1) is 0 Å². The average molecular weight is 340 g/mol. The average Bonchev–Trinajstić information content (AvgIpc) is 2.89. The van der Waals surface area contributed by atoms with Crippen molar-refractivity contribution in [2.45, 2.75) is 18.4 Å². The molecule has 3 unspecified atom stereocenters. The van der Waals surface area contributed by atoms with Crippen molar-refractivity contribution in [3.05, 3.63) is 29.8 Å². The van der Waals surface area contributed by atoms with Gasteiger partial charge in [-0.2, -0.15) is 5.26 Å².